The van der Waals surface area contributed by atoms with Gasteiger partial charge in [-0.25, -0.2) is 4.79 Å². The highest BCUT2D eigenvalue weighted by molar-refractivity contribution is 5.81. The van der Waals surface area contributed by atoms with E-state index in [1.165, 1.54) is 5.56 Å². The third-order valence-electron chi connectivity index (χ3n) is 4.24. The van der Waals surface area contributed by atoms with Crippen LogP contribution in [0.25, 0.3) is 0 Å². The average molecular weight is 332 g/mol. The molecule has 0 aromatic carbocycles. The zero-order valence-electron chi connectivity index (χ0n) is 15.0. The van der Waals surface area contributed by atoms with Crippen molar-refractivity contribution >= 4 is 11.9 Å². The van der Waals surface area contributed by atoms with E-state index < -0.39 is 5.60 Å². The van der Waals surface area contributed by atoms with E-state index in [1.807, 2.05) is 32.9 Å². The van der Waals surface area contributed by atoms with Crippen LogP contribution in [0.5, 0.6) is 0 Å². The third kappa shape index (κ3) is 5.95. The molecule has 5 heteroatoms. The van der Waals surface area contributed by atoms with Crippen molar-refractivity contribution in [2.24, 2.45) is 5.92 Å². The first-order chi connectivity index (χ1) is 11.3. The van der Waals surface area contributed by atoms with Crippen molar-refractivity contribution < 1.29 is 14.3 Å². The van der Waals surface area contributed by atoms with Gasteiger partial charge in [0, 0.05) is 37.8 Å². The summed E-state index contributed by atoms with van der Waals surface area (Å²) in [7, 11) is 0. The lowest BCUT2D eigenvalue weighted by Gasteiger charge is -2.33. The molecule has 0 atom stereocenters. The number of likely N-dealkylation sites (tertiary alicyclic amines) is 1. The monoisotopic (exact) mass is 332 g/mol. The molecular weight excluding hydrogens is 304 g/mol. The van der Waals surface area contributed by atoms with Gasteiger partial charge in [-0.1, -0.05) is 0 Å². The van der Waals surface area contributed by atoms with Crippen LogP contribution in [-0.4, -0.2) is 40.5 Å². The molecule has 0 aliphatic carbocycles. The number of carbonyl (C=O) groups excluding carboxylic acids is 2. The van der Waals surface area contributed by atoms with E-state index in [1.54, 1.807) is 17.3 Å². The molecule has 5 nitrogen and oxygen atoms in total. The van der Waals surface area contributed by atoms with Crippen molar-refractivity contribution in [2.75, 3.05) is 13.1 Å². The second-order valence-electron chi connectivity index (χ2n) is 7.42. The Kier molecular flexibility index (Phi) is 6.35. The predicted molar refractivity (Wildman–Crippen MR) is 92.7 cm³/mol. The van der Waals surface area contributed by atoms with Gasteiger partial charge in [-0.15, -0.1) is 0 Å². The third-order valence-corrected chi connectivity index (χ3v) is 4.24. The minimum Gasteiger partial charge on any atom is -0.444 e. The quantitative estimate of drug-likeness (QED) is 0.826. The van der Waals surface area contributed by atoms with Crippen LogP contribution in [0.3, 0.4) is 0 Å². The van der Waals surface area contributed by atoms with E-state index in [2.05, 4.69) is 4.98 Å². The number of Topliss-reactive ketones (excluding diaryl/α,β-unsaturated/α-hetero) is 1. The molecule has 1 saturated heterocycles. The highest BCUT2D eigenvalue weighted by Crippen LogP contribution is 2.22. The van der Waals surface area contributed by atoms with E-state index in [9.17, 15) is 9.59 Å². The van der Waals surface area contributed by atoms with Crippen LogP contribution in [0, 0.1) is 5.92 Å². The van der Waals surface area contributed by atoms with Gasteiger partial charge in [-0.05, 0) is 64.2 Å². The largest absolute Gasteiger partial charge is 0.444 e. The Morgan fingerprint density at radius 3 is 2.42 bits per heavy atom. The smallest absolute Gasteiger partial charge is 0.410 e. The summed E-state index contributed by atoms with van der Waals surface area (Å²) in [6.45, 7) is 6.81. The molecule has 0 radical (unpaired) electrons. The molecule has 0 unspecified atom stereocenters. The normalized spacial score (nSPS) is 16.0. The molecular formula is C19H28N2O3. The van der Waals surface area contributed by atoms with E-state index in [4.69, 9.17) is 4.74 Å². The average Bonchev–Trinajstić information content (AvgIpc) is 2.54. The highest BCUT2D eigenvalue weighted by atomic mass is 16.6. The second-order valence-corrected chi connectivity index (χ2v) is 7.42. The number of hydrogen-bond donors (Lipinski definition) is 0. The molecule has 1 aliphatic heterocycles. The van der Waals surface area contributed by atoms with Gasteiger partial charge in [-0.2, -0.15) is 0 Å². The molecule has 1 fully saturated rings. The minimum atomic E-state index is -0.475. The fraction of sp³-hybridized carbons (Fsp3) is 0.632. The lowest BCUT2D eigenvalue weighted by Crippen LogP contribution is -2.42. The number of aryl methyl sites for hydroxylation is 1. The molecule has 0 N–H and O–H groups in total. The van der Waals surface area contributed by atoms with Gasteiger partial charge in [0.05, 0.1) is 0 Å². The van der Waals surface area contributed by atoms with Crippen molar-refractivity contribution in [2.45, 2.75) is 58.5 Å². The number of piperidine rings is 1. The van der Waals surface area contributed by atoms with Gasteiger partial charge < -0.3 is 9.64 Å². The van der Waals surface area contributed by atoms with E-state index in [0.717, 1.165) is 25.7 Å². The summed E-state index contributed by atoms with van der Waals surface area (Å²) < 4.78 is 5.38. The Hall–Kier alpha value is -1.91. The zero-order chi connectivity index (χ0) is 17.6. The molecule has 2 heterocycles. The maximum absolute atomic E-state index is 12.3. The van der Waals surface area contributed by atoms with Gasteiger partial charge in [-0.3, -0.25) is 9.78 Å². The first-order valence-electron chi connectivity index (χ1n) is 8.75. The molecule has 1 aromatic heterocycles. The highest BCUT2D eigenvalue weighted by Gasteiger charge is 2.29. The Morgan fingerprint density at radius 1 is 1.21 bits per heavy atom. The standard InChI is InChI=1S/C19H28N2O3/c1-19(2,3)24-18(23)21-13-9-16(10-14-21)17(22)6-4-5-15-7-11-20-12-8-15/h7-8,11-12,16H,4-6,9-10,13-14H2,1-3H3. The minimum absolute atomic E-state index is 0.0844. The molecule has 2 rings (SSSR count). The molecule has 0 bridgehead atoms. The van der Waals surface area contributed by atoms with Crippen LogP contribution in [0.15, 0.2) is 24.5 Å². The van der Waals surface area contributed by atoms with Crippen LogP contribution in [0.4, 0.5) is 4.79 Å². The number of carbonyl (C=O) groups is 2. The molecule has 1 aliphatic rings. The summed E-state index contributed by atoms with van der Waals surface area (Å²) in [4.78, 5) is 30.1. The van der Waals surface area contributed by atoms with Crippen molar-refractivity contribution in [1.82, 2.24) is 9.88 Å². The number of pyridine rings is 1. The number of ketones is 1. The summed E-state index contributed by atoms with van der Waals surface area (Å²) in [6.07, 6.45) is 7.17. The van der Waals surface area contributed by atoms with Crippen molar-refractivity contribution in [3.63, 3.8) is 0 Å². The SMILES string of the molecule is CC(C)(C)OC(=O)N1CCC(C(=O)CCCc2ccncc2)CC1. The van der Waals surface area contributed by atoms with Gasteiger partial charge in [0.25, 0.3) is 0 Å². The van der Waals surface area contributed by atoms with Crippen LogP contribution in [-0.2, 0) is 16.0 Å². The fourth-order valence-corrected chi connectivity index (χ4v) is 2.93. The summed E-state index contributed by atoms with van der Waals surface area (Å²) in [5, 5.41) is 0. The Balaban J connectivity index is 1.70. The molecule has 1 aromatic rings. The van der Waals surface area contributed by atoms with Gasteiger partial charge in [0.1, 0.15) is 11.4 Å². The van der Waals surface area contributed by atoms with E-state index in [-0.39, 0.29) is 12.0 Å². The second kappa shape index (κ2) is 8.27. The van der Waals surface area contributed by atoms with Gasteiger partial charge in [0.2, 0.25) is 0 Å². The molecule has 132 valence electrons. The van der Waals surface area contributed by atoms with Gasteiger partial charge >= 0.3 is 6.09 Å². The van der Waals surface area contributed by atoms with Gasteiger partial charge in [0.15, 0.2) is 0 Å². The van der Waals surface area contributed by atoms with E-state index >= 15 is 0 Å². The van der Waals surface area contributed by atoms with Crippen molar-refractivity contribution in [3.05, 3.63) is 30.1 Å². The summed E-state index contributed by atoms with van der Waals surface area (Å²) in [6, 6.07) is 3.98. The summed E-state index contributed by atoms with van der Waals surface area (Å²) >= 11 is 0. The number of amides is 1. The molecule has 1 amide bonds. The number of ether oxygens (including phenoxy) is 1. The molecule has 0 spiro atoms. The van der Waals surface area contributed by atoms with Crippen LogP contribution < -0.4 is 0 Å². The molecule has 24 heavy (non-hydrogen) atoms. The number of hydrogen-bond acceptors (Lipinski definition) is 4. The topological polar surface area (TPSA) is 59.5 Å². The first-order valence-corrected chi connectivity index (χ1v) is 8.75. The van der Waals surface area contributed by atoms with Crippen LogP contribution >= 0.6 is 0 Å². The fourth-order valence-electron chi connectivity index (χ4n) is 2.93. The maximum Gasteiger partial charge on any atom is 0.410 e. The Bertz CT molecular complexity index is 543. The van der Waals surface area contributed by atoms with Crippen LogP contribution in [0.1, 0.15) is 52.0 Å². The number of aromatic nitrogens is 1. The lowest BCUT2D eigenvalue weighted by atomic mass is 9.90. The van der Waals surface area contributed by atoms with Crippen LogP contribution in [0.2, 0.25) is 0 Å². The van der Waals surface area contributed by atoms with Crippen molar-refractivity contribution in [3.8, 4) is 0 Å². The summed E-state index contributed by atoms with van der Waals surface area (Å²) in [5.41, 5.74) is 0.744. The first kappa shape index (κ1) is 18.4. The van der Waals surface area contributed by atoms with Crippen molar-refractivity contribution in [1.29, 1.82) is 0 Å². The Labute approximate surface area is 144 Å². The Morgan fingerprint density at radius 2 is 1.83 bits per heavy atom. The predicted octanol–water partition coefficient (Wildman–Crippen LogP) is 3.62. The summed E-state index contributed by atoms with van der Waals surface area (Å²) in [5.74, 6) is 0.411. The number of rotatable bonds is 5. The lowest BCUT2D eigenvalue weighted by molar-refractivity contribution is -0.124. The zero-order valence-corrected chi connectivity index (χ0v) is 15.0. The number of nitrogens with zero attached hydrogens (tertiary/aromatic N) is 2. The maximum atomic E-state index is 12.3. The van der Waals surface area contributed by atoms with E-state index in [0.29, 0.717) is 25.3 Å². The molecule has 0 saturated carbocycles.